The SMILES string of the molecule is COC(C(=O)N1Cc2[nH]nc(NC(=O)c3ccc(N4CCC(CN5CC6CC(C5)N6c5cc6c(cc5F)C(=O)N(C5CCC(=O)NC5=O)C6=O)CC4)cc3)c2C1)c1ccccc1. The predicted octanol–water partition coefficient (Wildman–Crippen LogP) is 3.61. The van der Waals surface area contributed by atoms with Crippen molar-refractivity contribution in [3.63, 3.8) is 0 Å². The van der Waals surface area contributed by atoms with Crippen LogP contribution in [0.5, 0.6) is 0 Å². The summed E-state index contributed by atoms with van der Waals surface area (Å²) < 4.78 is 21.2. The summed E-state index contributed by atoms with van der Waals surface area (Å²) in [5.74, 6) is -2.62. The molecule has 4 aromatic rings. The van der Waals surface area contributed by atoms with E-state index in [1.54, 1.807) is 4.90 Å². The van der Waals surface area contributed by atoms with Gasteiger partial charge in [-0.15, -0.1) is 0 Å². The minimum atomic E-state index is -1.10. The molecule has 8 heterocycles. The molecule has 4 atom stereocenters. The van der Waals surface area contributed by atoms with Crippen molar-refractivity contribution in [2.24, 2.45) is 5.92 Å². The highest BCUT2D eigenvalue weighted by Crippen LogP contribution is 2.42. The largest absolute Gasteiger partial charge is 0.372 e. The van der Waals surface area contributed by atoms with Crippen LogP contribution < -0.4 is 20.4 Å². The molecule has 3 N–H and O–H groups in total. The molecule has 6 amide bonds. The van der Waals surface area contributed by atoms with E-state index in [9.17, 15) is 28.8 Å². The van der Waals surface area contributed by atoms with Gasteiger partial charge in [0.05, 0.1) is 35.6 Å². The van der Waals surface area contributed by atoms with Crippen molar-refractivity contribution in [1.82, 2.24) is 30.2 Å². The van der Waals surface area contributed by atoms with E-state index in [0.29, 0.717) is 36.1 Å². The highest BCUT2D eigenvalue weighted by Gasteiger charge is 2.49. The third-order valence-electron chi connectivity index (χ3n) is 13.4. The lowest BCUT2D eigenvalue weighted by Crippen LogP contribution is -2.69. The molecule has 5 saturated heterocycles. The first-order valence-electron chi connectivity index (χ1n) is 21.2. The number of carbonyl (C=O) groups excluding carboxylic acids is 6. The number of hydrogen-bond acceptors (Lipinski definition) is 11. The zero-order valence-corrected chi connectivity index (χ0v) is 34.1. The molecule has 320 valence electrons. The summed E-state index contributed by atoms with van der Waals surface area (Å²) in [6, 6.07) is 18.6. The number of imide groups is 2. The molecular formula is C45H46FN9O7. The summed E-state index contributed by atoms with van der Waals surface area (Å²) in [6.45, 7) is 4.90. The smallest absolute Gasteiger partial charge is 0.262 e. The van der Waals surface area contributed by atoms with Crippen LogP contribution in [-0.2, 0) is 32.2 Å². The number of hydrogen-bond donors (Lipinski definition) is 3. The van der Waals surface area contributed by atoms with Gasteiger partial charge in [-0.2, -0.15) is 5.10 Å². The number of H-pyrrole nitrogens is 1. The first-order chi connectivity index (χ1) is 30.0. The van der Waals surface area contributed by atoms with Crippen LogP contribution in [-0.4, -0.2) is 118 Å². The molecule has 0 radical (unpaired) electrons. The summed E-state index contributed by atoms with van der Waals surface area (Å²) >= 11 is 0. The van der Waals surface area contributed by atoms with Gasteiger partial charge in [-0.1, -0.05) is 30.3 Å². The van der Waals surface area contributed by atoms with Gasteiger partial charge in [0.25, 0.3) is 23.6 Å². The number of piperidine rings is 3. The van der Waals surface area contributed by atoms with Gasteiger partial charge < -0.3 is 24.8 Å². The number of aromatic nitrogens is 2. The second-order valence-corrected chi connectivity index (χ2v) is 17.1. The minimum absolute atomic E-state index is 0.0156. The van der Waals surface area contributed by atoms with Gasteiger partial charge in [0.2, 0.25) is 11.8 Å². The van der Waals surface area contributed by atoms with Crippen LogP contribution in [0.3, 0.4) is 0 Å². The average molecular weight is 844 g/mol. The van der Waals surface area contributed by atoms with Crippen LogP contribution in [0.15, 0.2) is 66.7 Å². The fraction of sp³-hybridized carbons (Fsp3) is 0.400. The highest BCUT2D eigenvalue weighted by atomic mass is 19.1. The number of nitrogens with one attached hydrogen (secondary N) is 3. The number of benzene rings is 3. The number of anilines is 3. The molecule has 3 aromatic carbocycles. The molecule has 11 rings (SSSR count). The molecule has 1 aromatic heterocycles. The molecule has 0 spiro atoms. The van der Waals surface area contributed by atoms with Gasteiger partial charge in [0.1, 0.15) is 11.9 Å². The van der Waals surface area contributed by atoms with Crippen LogP contribution in [0.25, 0.3) is 0 Å². The first-order valence-corrected chi connectivity index (χ1v) is 21.2. The Morgan fingerprint density at radius 3 is 2.32 bits per heavy atom. The zero-order chi connectivity index (χ0) is 42.8. The molecule has 17 heteroatoms. The highest BCUT2D eigenvalue weighted by molar-refractivity contribution is 6.23. The molecule has 62 heavy (non-hydrogen) atoms. The Kier molecular flexibility index (Phi) is 10.1. The van der Waals surface area contributed by atoms with E-state index in [2.05, 4.69) is 30.6 Å². The van der Waals surface area contributed by atoms with Gasteiger partial charge in [0.15, 0.2) is 11.9 Å². The molecule has 7 aliphatic heterocycles. The van der Waals surface area contributed by atoms with Crippen LogP contribution >= 0.6 is 0 Å². The van der Waals surface area contributed by atoms with Crippen molar-refractivity contribution in [2.75, 3.05) is 55.0 Å². The van der Waals surface area contributed by atoms with Crippen molar-refractivity contribution in [1.29, 1.82) is 0 Å². The van der Waals surface area contributed by atoms with E-state index in [1.165, 1.54) is 13.2 Å². The van der Waals surface area contributed by atoms with Crippen LogP contribution in [0.1, 0.15) is 86.1 Å². The molecular weight excluding hydrogens is 798 g/mol. The van der Waals surface area contributed by atoms with Crippen LogP contribution in [0, 0.1) is 11.7 Å². The Labute approximate surface area is 356 Å². The summed E-state index contributed by atoms with van der Waals surface area (Å²) in [6.07, 6.45) is 2.27. The summed E-state index contributed by atoms with van der Waals surface area (Å²) in [7, 11) is 1.52. The lowest BCUT2D eigenvalue weighted by molar-refractivity contribution is -0.143. The van der Waals surface area contributed by atoms with Gasteiger partial charge in [-0.05, 0) is 73.6 Å². The number of amides is 6. The number of fused-ring (bicyclic) bond motifs is 4. The maximum Gasteiger partial charge on any atom is 0.262 e. The summed E-state index contributed by atoms with van der Waals surface area (Å²) in [4.78, 5) is 86.8. The molecule has 16 nitrogen and oxygen atoms in total. The maximum atomic E-state index is 15.7. The zero-order valence-electron chi connectivity index (χ0n) is 34.1. The Morgan fingerprint density at radius 2 is 1.63 bits per heavy atom. The Hall–Kier alpha value is -6.46. The van der Waals surface area contributed by atoms with E-state index in [0.717, 1.165) is 85.5 Å². The normalized spacial score (nSPS) is 23.0. The number of aromatic amines is 1. The number of halogens is 1. The van der Waals surface area contributed by atoms with Crippen molar-refractivity contribution in [2.45, 2.75) is 69.4 Å². The first kappa shape index (κ1) is 39.7. The molecule has 0 saturated carbocycles. The molecule has 4 unspecified atom stereocenters. The lowest BCUT2D eigenvalue weighted by atomic mass is 9.85. The molecule has 5 fully saturated rings. The standard InChI is InChI=1S/C45H46FN9O7/c1-62-39(26-5-3-2-4-6-26)45(61)53-23-33-35(24-53)49-50-40(33)48-41(57)27-7-9-28(10-8-27)52-15-13-25(14-16-52)20-51-21-29-17-30(22-51)54(29)37-19-32-31(18-34(37)46)43(59)55(44(32)60)36-11-12-38(56)47-42(36)58/h2-10,18-19,25,29-30,36,39H,11-17,20-24H2,1H3,(H,47,56,58)(H2,48,49,50,57). The third kappa shape index (κ3) is 6.98. The Morgan fingerprint density at radius 1 is 0.919 bits per heavy atom. The fourth-order valence-corrected chi connectivity index (χ4v) is 10.2. The van der Waals surface area contributed by atoms with E-state index in [-0.39, 0.29) is 47.9 Å². The number of rotatable bonds is 10. The van der Waals surface area contributed by atoms with Gasteiger partial charge >= 0.3 is 0 Å². The Balaban J connectivity index is 0.700. The molecule has 7 aliphatic rings. The van der Waals surface area contributed by atoms with E-state index in [4.69, 9.17) is 4.74 Å². The lowest BCUT2D eigenvalue weighted by Gasteiger charge is -2.58. The van der Waals surface area contributed by atoms with E-state index in [1.807, 2.05) is 59.5 Å². The van der Waals surface area contributed by atoms with E-state index >= 15 is 4.39 Å². The quantitative estimate of drug-likeness (QED) is 0.199. The van der Waals surface area contributed by atoms with Crippen LogP contribution in [0.2, 0.25) is 0 Å². The number of carbonyl (C=O) groups is 6. The topological polar surface area (TPSA) is 181 Å². The number of ether oxygens (including phenoxy) is 1. The third-order valence-corrected chi connectivity index (χ3v) is 13.4. The van der Waals surface area contributed by atoms with Crippen LogP contribution in [0.4, 0.5) is 21.6 Å². The number of methoxy groups -OCH3 is 1. The van der Waals surface area contributed by atoms with Gasteiger partial charge in [-0.25, -0.2) is 4.39 Å². The fourth-order valence-electron chi connectivity index (χ4n) is 10.2. The molecule has 2 bridgehead atoms. The minimum Gasteiger partial charge on any atom is -0.372 e. The summed E-state index contributed by atoms with van der Waals surface area (Å²) in [5, 5.41) is 12.4. The van der Waals surface area contributed by atoms with Crippen molar-refractivity contribution < 1.29 is 37.9 Å². The van der Waals surface area contributed by atoms with Crippen molar-refractivity contribution in [3.05, 3.63) is 106 Å². The second-order valence-electron chi connectivity index (χ2n) is 17.1. The number of nitrogens with zero attached hydrogens (tertiary/aromatic N) is 6. The Bertz CT molecular complexity index is 2480. The van der Waals surface area contributed by atoms with Crippen molar-refractivity contribution in [3.8, 4) is 0 Å². The maximum absolute atomic E-state index is 15.7. The van der Waals surface area contributed by atoms with Gasteiger partial charge in [-0.3, -0.25) is 49.0 Å². The summed E-state index contributed by atoms with van der Waals surface area (Å²) in [5.41, 5.74) is 4.21. The number of piperazine rings is 1. The van der Waals surface area contributed by atoms with E-state index < -0.39 is 41.6 Å². The monoisotopic (exact) mass is 843 g/mol. The second kappa shape index (κ2) is 15.8. The molecule has 0 aliphatic carbocycles. The predicted molar refractivity (Wildman–Crippen MR) is 223 cm³/mol. The van der Waals surface area contributed by atoms with Crippen molar-refractivity contribution >= 4 is 52.6 Å². The van der Waals surface area contributed by atoms with Gasteiger partial charge in [0, 0.05) is 75.2 Å². The average Bonchev–Trinajstić information content (AvgIpc) is 3.94.